The van der Waals surface area contributed by atoms with Gasteiger partial charge in [0.1, 0.15) is 5.75 Å². The van der Waals surface area contributed by atoms with Crippen molar-refractivity contribution in [3.05, 3.63) is 90.5 Å². The maximum atomic E-state index is 13.6. The lowest BCUT2D eigenvalue weighted by atomic mass is 9.95. The largest absolute Gasteiger partial charge is 0.508 e. The van der Waals surface area contributed by atoms with Crippen LogP contribution in [0, 0.1) is 0 Å². The Morgan fingerprint density at radius 1 is 0.821 bits per heavy atom. The van der Waals surface area contributed by atoms with Crippen LogP contribution in [0.25, 0.3) is 0 Å². The number of carbonyl (C=O) groups is 1. The van der Waals surface area contributed by atoms with Gasteiger partial charge < -0.3 is 5.11 Å². The van der Waals surface area contributed by atoms with Gasteiger partial charge in [0.2, 0.25) is 0 Å². The minimum absolute atomic E-state index is 0.00236. The number of hydrogen-bond acceptors (Lipinski definition) is 4. The van der Waals surface area contributed by atoms with Crippen molar-refractivity contribution < 1.29 is 18.3 Å². The molecule has 3 aromatic carbocycles. The number of sulfonamides is 1. The van der Waals surface area contributed by atoms with Gasteiger partial charge in [-0.1, -0.05) is 48.5 Å². The first-order valence-electron chi connectivity index (χ1n) is 8.94. The summed E-state index contributed by atoms with van der Waals surface area (Å²) in [4.78, 5) is 13.7. The van der Waals surface area contributed by atoms with Gasteiger partial charge in [-0.15, -0.1) is 0 Å². The van der Waals surface area contributed by atoms with E-state index >= 15 is 0 Å². The summed E-state index contributed by atoms with van der Waals surface area (Å²) in [7, 11) is -4.12. The number of nitrogens with zero attached hydrogens (tertiary/aromatic N) is 1. The third kappa shape index (κ3) is 3.05. The van der Waals surface area contributed by atoms with E-state index in [2.05, 4.69) is 0 Å². The summed E-state index contributed by atoms with van der Waals surface area (Å²) in [6, 6.07) is 22.8. The van der Waals surface area contributed by atoms with E-state index in [0.717, 1.165) is 9.87 Å². The van der Waals surface area contributed by atoms with Gasteiger partial charge in [-0.3, -0.25) is 4.79 Å². The molecule has 0 aliphatic heterocycles. The number of rotatable bonds is 5. The van der Waals surface area contributed by atoms with Crippen molar-refractivity contribution in [2.45, 2.75) is 23.2 Å². The van der Waals surface area contributed by atoms with Crippen LogP contribution in [0.5, 0.6) is 5.75 Å². The quantitative estimate of drug-likeness (QED) is 0.715. The van der Waals surface area contributed by atoms with E-state index in [-0.39, 0.29) is 16.3 Å². The number of amides is 1. The zero-order valence-electron chi connectivity index (χ0n) is 15.0. The molecule has 3 aromatic rings. The Bertz CT molecular complexity index is 1090. The SMILES string of the molecule is O=C(N(c1ccc(O)cc1)S(=O)(=O)c1ccccc1)C1(c2ccccc2)CC1. The second kappa shape index (κ2) is 6.80. The molecule has 142 valence electrons. The first kappa shape index (κ1) is 18.3. The molecule has 4 rings (SSSR count). The third-order valence-electron chi connectivity index (χ3n) is 5.04. The summed E-state index contributed by atoms with van der Waals surface area (Å²) >= 11 is 0. The molecule has 28 heavy (non-hydrogen) atoms. The predicted octanol–water partition coefficient (Wildman–Crippen LogP) is 3.85. The van der Waals surface area contributed by atoms with Crippen LogP contribution < -0.4 is 4.31 Å². The highest BCUT2D eigenvalue weighted by molar-refractivity contribution is 7.93. The molecule has 0 saturated heterocycles. The first-order valence-corrected chi connectivity index (χ1v) is 10.4. The number of phenols is 1. The van der Waals surface area contributed by atoms with Gasteiger partial charge in [0.05, 0.1) is 16.0 Å². The van der Waals surface area contributed by atoms with Gasteiger partial charge in [0.25, 0.3) is 15.9 Å². The Morgan fingerprint density at radius 2 is 1.36 bits per heavy atom. The molecule has 5 nitrogen and oxygen atoms in total. The molecule has 0 bridgehead atoms. The maximum absolute atomic E-state index is 13.6. The van der Waals surface area contributed by atoms with Crippen LogP contribution in [0.2, 0.25) is 0 Å². The summed E-state index contributed by atoms with van der Waals surface area (Å²) in [5.41, 5.74) is 0.168. The molecule has 1 aliphatic carbocycles. The van der Waals surface area contributed by atoms with E-state index in [1.807, 2.05) is 30.3 Å². The normalized spacial score (nSPS) is 15.0. The lowest BCUT2D eigenvalue weighted by Gasteiger charge is -2.27. The number of aromatic hydroxyl groups is 1. The molecule has 6 heteroatoms. The van der Waals surface area contributed by atoms with Gasteiger partial charge >= 0.3 is 0 Å². The highest BCUT2D eigenvalue weighted by Crippen LogP contribution is 2.50. The summed E-state index contributed by atoms with van der Waals surface area (Å²) in [5.74, 6) is -0.481. The lowest BCUT2D eigenvalue weighted by Crippen LogP contribution is -2.43. The van der Waals surface area contributed by atoms with Gasteiger partial charge in [-0.2, -0.15) is 0 Å². The van der Waals surface area contributed by atoms with E-state index in [4.69, 9.17) is 0 Å². The molecule has 1 fully saturated rings. The van der Waals surface area contributed by atoms with Crippen LogP contribution in [-0.4, -0.2) is 19.4 Å². The van der Waals surface area contributed by atoms with Crippen molar-refractivity contribution in [2.75, 3.05) is 4.31 Å². The van der Waals surface area contributed by atoms with Crippen LogP contribution in [0.4, 0.5) is 5.69 Å². The number of phenolic OH excluding ortho intramolecular Hbond substituents is 1. The zero-order chi connectivity index (χ0) is 19.8. The predicted molar refractivity (Wildman–Crippen MR) is 107 cm³/mol. The molecule has 1 N–H and O–H groups in total. The van der Waals surface area contributed by atoms with Crippen molar-refractivity contribution >= 4 is 21.6 Å². The number of carbonyl (C=O) groups excluding carboxylic acids is 1. The third-order valence-corrected chi connectivity index (χ3v) is 6.76. The average molecular weight is 393 g/mol. The molecule has 0 aromatic heterocycles. The Labute approximate surface area is 163 Å². The first-order chi connectivity index (χ1) is 13.4. The van der Waals surface area contributed by atoms with Crippen molar-refractivity contribution in [1.29, 1.82) is 0 Å². The molecular formula is C22H19NO4S. The van der Waals surface area contributed by atoms with Crippen molar-refractivity contribution in [3.8, 4) is 5.75 Å². The fourth-order valence-corrected chi connectivity index (χ4v) is 4.86. The van der Waals surface area contributed by atoms with Crippen LogP contribution in [0.1, 0.15) is 18.4 Å². The Hall–Kier alpha value is -3.12. The fourth-order valence-electron chi connectivity index (χ4n) is 3.35. The van der Waals surface area contributed by atoms with Crippen LogP contribution in [-0.2, 0) is 20.2 Å². The molecule has 0 atom stereocenters. The van der Waals surface area contributed by atoms with E-state index in [9.17, 15) is 18.3 Å². The number of hydrogen-bond donors (Lipinski definition) is 1. The molecule has 0 spiro atoms. The van der Waals surface area contributed by atoms with Gasteiger partial charge in [0.15, 0.2) is 0 Å². The van der Waals surface area contributed by atoms with Crippen LogP contribution >= 0.6 is 0 Å². The minimum Gasteiger partial charge on any atom is -0.508 e. The number of anilines is 1. The minimum atomic E-state index is -4.12. The average Bonchev–Trinajstić information content (AvgIpc) is 3.53. The molecule has 0 unspecified atom stereocenters. The maximum Gasteiger partial charge on any atom is 0.270 e. The topological polar surface area (TPSA) is 74.7 Å². The van der Waals surface area contributed by atoms with Crippen molar-refractivity contribution in [3.63, 3.8) is 0 Å². The molecule has 1 amide bonds. The molecule has 0 radical (unpaired) electrons. The van der Waals surface area contributed by atoms with Crippen molar-refractivity contribution in [2.24, 2.45) is 0 Å². The van der Waals surface area contributed by atoms with Crippen molar-refractivity contribution in [1.82, 2.24) is 0 Å². The van der Waals surface area contributed by atoms with Gasteiger partial charge in [0, 0.05) is 0 Å². The Morgan fingerprint density at radius 3 is 1.89 bits per heavy atom. The fraction of sp³-hybridized carbons (Fsp3) is 0.136. The highest BCUT2D eigenvalue weighted by Gasteiger charge is 2.55. The van der Waals surface area contributed by atoms with Gasteiger partial charge in [-0.05, 0) is 54.8 Å². The second-order valence-electron chi connectivity index (χ2n) is 6.85. The smallest absolute Gasteiger partial charge is 0.270 e. The Kier molecular flexibility index (Phi) is 4.43. The summed E-state index contributed by atoms with van der Waals surface area (Å²) in [6.07, 6.45) is 1.18. The lowest BCUT2D eigenvalue weighted by molar-refractivity contribution is -0.119. The summed E-state index contributed by atoms with van der Waals surface area (Å²) in [6.45, 7) is 0. The van der Waals surface area contributed by atoms with E-state index in [0.29, 0.717) is 12.8 Å². The van der Waals surface area contributed by atoms with Crippen LogP contribution in [0.3, 0.4) is 0 Å². The van der Waals surface area contributed by atoms with Crippen LogP contribution in [0.15, 0.2) is 89.8 Å². The standard InChI is InChI=1S/C22H19NO4S/c24-19-13-11-18(12-14-19)23(28(26,27)20-9-5-2-6-10-20)21(25)22(15-16-22)17-7-3-1-4-8-17/h1-14,24H,15-16H2. The molecule has 1 aliphatic rings. The molecule has 1 saturated carbocycles. The monoisotopic (exact) mass is 393 g/mol. The molecule has 0 heterocycles. The van der Waals surface area contributed by atoms with Gasteiger partial charge in [-0.25, -0.2) is 12.7 Å². The van der Waals surface area contributed by atoms with E-state index < -0.39 is 21.3 Å². The Balaban J connectivity index is 1.85. The second-order valence-corrected chi connectivity index (χ2v) is 8.64. The molecular weight excluding hydrogens is 374 g/mol. The summed E-state index contributed by atoms with van der Waals surface area (Å²) < 4.78 is 27.7. The zero-order valence-corrected chi connectivity index (χ0v) is 15.8. The van der Waals surface area contributed by atoms with E-state index in [1.54, 1.807) is 18.2 Å². The highest BCUT2D eigenvalue weighted by atomic mass is 32.2. The summed E-state index contributed by atoms with van der Waals surface area (Å²) in [5, 5.41) is 9.59. The number of benzene rings is 3. The van der Waals surface area contributed by atoms with E-state index in [1.165, 1.54) is 36.4 Å².